The van der Waals surface area contributed by atoms with Crippen LogP contribution in [0.1, 0.15) is 22.9 Å². The van der Waals surface area contributed by atoms with Crippen molar-refractivity contribution < 1.29 is 0 Å². The maximum Gasteiger partial charge on any atom is 0.129 e. The van der Waals surface area contributed by atoms with E-state index in [4.69, 9.17) is 0 Å². The molecule has 5 heteroatoms. The Hall–Kier alpha value is -3.34. The minimum absolute atomic E-state index is 0.824. The van der Waals surface area contributed by atoms with Gasteiger partial charge in [-0.2, -0.15) is 0 Å². The molecule has 5 nitrogen and oxygen atoms in total. The summed E-state index contributed by atoms with van der Waals surface area (Å²) in [5.41, 5.74) is 3.26. The van der Waals surface area contributed by atoms with Crippen molar-refractivity contribution in [2.75, 3.05) is 0 Å². The summed E-state index contributed by atoms with van der Waals surface area (Å²) < 4.78 is 0. The molecule has 3 N–H and O–H groups in total. The fraction of sp³-hybridized carbons (Fsp3) is 0. The van der Waals surface area contributed by atoms with Crippen molar-refractivity contribution >= 4 is 35.2 Å². The lowest BCUT2D eigenvalue weighted by Gasteiger charge is -1.94. The van der Waals surface area contributed by atoms with Crippen LogP contribution in [0.25, 0.3) is 35.2 Å². The van der Waals surface area contributed by atoms with Gasteiger partial charge in [-0.05, 0) is 30.4 Å². The van der Waals surface area contributed by atoms with Crippen LogP contribution in [0.5, 0.6) is 0 Å². The van der Waals surface area contributed by atoms with E-state index in [1.54, 1.807) is 12.4 Å². The van der Waals surface area contributed by atoms with E-state index >= 15 is 0 Å². The Bertz CT molecular complexity index is 956. The quantitative estimate of drug-likeness (QED) is 0.534. The van der Waals surface area contributed by atoms with Crippen LogP contribution in [-0.4, -0.2) is 24.9 Å². The Morgan fingerprint density at radius 1 is 0.783 bits per heavy atom. The van der Waals surface area contributed by atoms with Crippen LogP contribution in [0.2, 0.25) is 0 Å². The molecule has 3 aromatic heterocycles. The predicted molar refractivity (Wildman–Crippen MR) is 93.3 cm³/mol. The third-order valence-electron chi connectivity index (χ3n) is 3.63. The van der Waals surface area contributed by atoms with Crippen molar-refractivity contribution in [2.24, 2.45) is 0 Å². The molecule has 23 heavy (non-hydrogen) atoms. The Balaban J connectivity index is 1.78. The smallest absolute Gasteiger partial charge is 0.129 e. The molecule has 0 fully saturated rings. The van der Waals surface area contributed by atoms with Gasteiger partial charge >= 0.3 is 0 Å². The second-order valence-corrected chi connectivity index (χ2v) is 5.11. The number of rotatable bonds is 4. The number of imidazole rings is 2. The highest BCUT2D eigenvalue weighted by atomic mass is 14.9. The van der Waals surface area contributed by atoms with E-state index in [0.717, 1.165) is 28.4 Å². The zero-order chi connectivity index (χ0) is 15.5. The highest BCUT2D eigenvalue weighted by molar-refractivity contribution is 5.96. The number of nitrogens with one attached hydrogen (secondary N) is 3. The number of benzene rings is 1. The van der Waals surface area contributed by atoms with E-state index in [9.17, 15) is 0 Å². The van der Waals surface area contributed by atoms with Crippen LogP contribution < -0.4 is 0 Å². The van der Waals surface area contributed by atoms with Gasteiger partial charge in [0.1, 0.15) is 11.6 Å². The van der Waals surface area contributed by atoms with Gasteiger partial charge in [0.2, 0.25) is 0 Å². The van der Waals surface area contributed by atoms with Crippen LogP contribution in [-0.2, 0) is 0 Å². The van der Waals surface area contributed by atoms with Crippen molar-refractivity contribution in [1.82, 2.24) is 24.9 Å². The molecule has 4 aromatic rings. The molecule has 1 aromatic carbocycles. The van der Waals surface area contributed by atoms with Gasteiger partial charge in [-0.3, -0.25) is 0 Å². The number of fused-ring (bicyclic) bond motifs is 1. The lowest BCUT2D eigenvalue weighted by atomic mass is 10.1. The maximum absolute atomic E-state index is 4.23. The summed E-state index contributed by atoms with van der Waals surface area (Å²) in [5, 5.41) is 1.18. The summed E-state index contributed by atoms with van der Waals surface area (Å²) in [6.45, 7) is 0. The molecule has 0 saturated heterocycles. The molecular formula is C18H15N5. The topological polar surface area (TPSA) is 73.2 Å². The molecule has 0 aliphatic heterocycles. The maximum atomic E-state index is 4.23. The number of nitrogens with zero attached hydrogens (tertiary/aromatic N) is 2. The lowest BCUT2D eigenvalue weighted by molar-refractivity contribution is 1.26. The monoisotopic (exact) mass is 301 g/mol. The normalized spacial score (nSPS) is 12.0. The molecule has 4 rings (SSSR count). The summed E-state index contributed by atoms with van der Waals surface area (Å²) in [5.74, 6) is 1.65. The van der Waals surface area contributed by atoms with Crippen LogP contribution in [0, 0.1) is 0 Å². The molecule has 0 spiro atoms. The first-order valence-electron chi connectivity index (χ1n) is 7.36. The molecule has 0 radical (unpaired) electrons. The van der Waals surface area contributed by atoms with Crippen LogP contribution in [0.3, 0.4) is 0 Å². The molecule has 0 aliphatic rings. The van der Waals surface area contributed by atoms with E-state index in [1.165, 1.54) is 5.39 Å². The molecular weight excluding hydrogens is 286 g/mol. The minimum atomic E-state index is 0.824. The Kier molecular flexibility index (Phi) is 3.37. The SMILES string of the molecule is C(=C\c1[nH]c2ccccc2c1/C=C/c1ncc[nH]1)/c1ncc[nH]1. The Morgan fingerprint density at radius 3 is 2.17 bits per heavy atom. The Morgan fingerprint density at radius 2 is 1.48 bits per heavy atom. The number of H-pyrrole nitrogens is 3. The van der Waals surface area contributed by atoms with E-state index in [2.05, 4.69) is 43.1 Å². The Labute approximate surface area is 132 Å². The van der Waals surface area contributed by atoms with E-state index < -0.39 is 0 Å². The average Bonchev–Trinajstić information content (AvgIpc) is 3.31. The van der Waals surface area contributed by atoms with Gasteiger partial charge in [-0.15, -0.1) is 0 Å². The van der Waals surface area contributed by atoms with Crippen molar-refractivity contribution in [3.63, 3.8) is 0 Å². The van der Waals surface area contributed by atoms with E-state index in [0.29, 0.717) is 0 Å². The molecule has 112 valence electrons. The molecule has 0 unspecified atom stereocenters. The van der Waals surface area contributed by atoms with Gasteiger partial charge in [-0.25, -0.2) is 9.97 Å². The number of aromatic amines is 3. The molecule has 0 bridgehead atoms. The zero-order valence-corrected chi connectivity index (χ0v) is 12.3. The number of para-hydroxylation sites is 1. The summed E-state index contributed by atoms with van der Waals surface area (Å²) >= 11 is 0. The standard InChI is InChI=1S/C18H15N5/c1-2-4-15-13(3-1)14(5-7-17-19-9-10-20-17)16(23-15)6-8-18-21-11-12-22-18/h1-12,23H,(H,19,20)(H,21,22)/b7-5+,8-6+. The third-order valence-corrected chi connectivity index (χ3v) is 3.63. The second kappa shape index (κ2) is 5.81. The summed E-state index contributed by atoms with van der Waals surface area (Å²) in [4.78, 5) is 18.0. The van der Waals surface area contributed by atoms with Crippen molar-refractivity contribution in [1.29, 1.82) is 0 Å². The van der Waals surface area contributed by atoms with Crippen LogP contribution in [0.15, 0.2) is 49.1 Å². The largest absolute Gasteiger partial charge is 0.355 e. The second-order valence-electron chi connectivity index (χ2n) is 5.11. The molecule has 0 saturated carbocycles. The first kappa shape index (κ1) is 13.3. The molecule has 0 aliphatic carbocycles. The first-order chi connectivity index (χ1) is 11.4. The summed E-state index contributed by atoms with van der Waals surface area (Å²) in [6, 6.07) is 8.25. The number of aromatic nitrogens is 5. The van der Waals surface area contributed by atoms with Crippen LogP contribution >= 0.6 is 0 Å². The summed E-state index contributed by atoms with van der Waals surface area (Å²) in [6.07, 6.45) is 15.1. The van der Waals surface area contributed by atoms with Crippen molar-refractivity contribution in [2.45, 2.75) is 0 Å². The molecule has 0 atom stereocenters. The predicted octanol–water partition coefficient (Wildman–Crippen LogP) is 3.95. The minimum Gasteiger partial charge on any atom is -0.355 e. The highest BCUT2D eigenvalue weighted by Crippen LogP contribution is 2.25. The van der Waals surface area contributed by atoms with E-state index in [1.807, 2.05) is 42.8 Å². The fourth-order valence-electron chi connectivity index (χ4n) is 2.56. The van der Waals surface area contributed by atoms with Gasteiger partial charge in [0.15, 0.2) is 0 Å². The van der Waals surface area contributed by atoms with Gasteiger partial charge in [0.05, 0.1) is 0 Å². The van der Waals surface area contributed by atoms with Crippen molar-refractivity contribution in [3.8, 4) is 0 Å². The lowest BCUT2D eigenvalue weighted by Crippen LogP contribution is -1.79. The zero-order valence-electron chi connectivity index (χ0n) is 12.3. The number of hydrogen-bond acceptors (Lipinski definition) is 2. The van der Waals surface area contributed by atoms with Gasteiger partial charge in [0.25, 0.3) is 0 Å². The molecule has 3 heterocycles. The molecule has 0 amide bonds. The van der Waals surface area contributed by atoms with Gasteiger partial charge in [0, 0.05) is 46.9 Å². The number of hydrogen-bond donors (Lipinski definition) is 3. The van der Waals surface area contributed by atoms with Crippen molar-refractivity contribution in [3.05, 3.63) is 72.0 Å². The van der Waals surface area contributed by atoms with Crippen LogP contribution in [0.4, 0.5) is 0 Å². The average molecular weight is 301 g/mol. The highest BCUT2D eigenvalue weighted by Gasteiger charge is 2.06. The summed E-state index contributed by atoms with van der Waals surface area (Å²) in [7, 11) is 0. The first-order valence-corrected chi connectivity index (χ1v) is 7.36. The van der Waals surface area contributed by atoms with Gasteiger partial charge in [-0.1, -0.05) is 18.2 Å². The third kappa shape index (κ3) is 2.72. The van der Waals surface area contributed by atoms with Gasteiger partial charge < -0.3 is 15.0 Å². The fourth-order valence-corrected chi connectivity index (χ4v) is 2.56. The van der Waals surface area contributed by atoms with E-state index in [-0.39, 0.29) is 0 Å².